The van der Waals surface area contributed by atoms with E-state index in [0.717, 1.165) is 31.9 Å². The molecule has 0 fully saturated rings. The van der Waals surface area contributed by atoms with E-state index >= 15 is 0 Å². The number of alkyl halides is 1. The standard InChI is InChI=1S/C18H13BrClF/c1-11-8-12(10-13(21)9-11)18(20)16-6-7-17(19)15-5-3-2-4-14(15)16/h2-10,18H,1H3. The normalized spacial score (nSPS) is 12.6. The lowest BCUT2D eigenvalue weighted by molar-refractivity contribution is 0.624. The number of benzene rings is 3. The molecule has 0 N–H and O–H groups in total. The van der Waals surface area contributed by atoms with Crippen LogP contribution in [0, 0.1) is 12.7 Å². The third kappa shape index (κ3) is 2.83. The lowest BCUT2D eigenvalue weighted by Crippen LogP contribution is -1.97. The van der Waals surface area contributed by atoms with Gasteiger partial charge in [-0.15, -0.1) is 11.6 Å². The molecule has 21 heavy (non-hydrogen) atoms. The molecular weight excluding hydrogens is 351 g/mol. The maximum Gasteiger partial charge on any atom is 0.123 e. The smallest absolute Gasteiger partial charge is 0.123 e. The van der Waals surface area contributed by atoms with E-state index < -0.39 is 0 Å². The largest absolute Gasteiger partial charge is 0.207 e. The van der Waals surface area contributed by atoms with Crippen molar-refractivity contribution in [3.8, 4) is 0 Å². The lowest BCUT2D eigenvalue weighted by Gasteiger charge is -2.15. The van der Waals surface area contributed by atoms with Gasteiger partial charge in [-0.25, -0.2) is 4.39 Å². The van der Waals surface area contributed by atoms with E-state index in [2.05, 4.69) is 15.9 Å². The molecule has 0 aromatic heterocycles. The molecule has 0 saturated carbocycles. The number of aryl methyl sites for hydroxylation is 1. The minimum absolute atomic E-state index is 0.253. The van der Waals surface area contributed by atoms with E-state index in [-0.39, 0.29) is 11.2 Å². The number of hydrogen-bond acceptors (Lipinski definition) is 0. The zero-order valence-corrected chi connectivity index (χ0v) is 13.7. The Hall–Kier alpha value is -1.38. The summed E-state index contributed by atoms with van der Waals surface area (Å²) in [5.74, 6) is -0.253. The van der Waals surface area contributed by atoms with Crippen LogP contribution in [0.25, 0.3) is 10.8 Å². The van der Waals surface area contributed by atoms with E-state index in [9.17, 15) is 4.39 Å². The first-order valence-corrected chi connectivity index (χ1v) is 7.87. The quantitative estimate of drug-likeness (QED) is 0.463. The van der Waals surface area contributed by atoms with Crippen molar-refractivity contribution in [2.75, 3.05) is 0 Å². The third-order valence-electron chi connectivity index (χ3n) is 3.53. The Labute approximate surface area is 136 Å². The molecule has 106 valence electrons. The molecule has 3 rings (SSSR count). The molecule has 0 aliphatic carbocycles. The molecule has 1 unspecified atom stereocenters. The molecule has 3 aromatic rings. The Morgan fingerprint density at radius 3 is 2.43 bits per heavy atom. The van der Waals surface area contributed by atoms with Gasteiger partial charge in [-0.05, 0) is 52.6 Å². The van der Waals surface area contributed by atoms with Crippen LogP contribution in [0.1, 0.15) is 22.1 Å². The zero-order valence-electron chi connectivity index (χ0n) is 11.4. The van der Waals surface area contributed by atoms with Crippen LogP contribution in [0.15, 0.2) is 59.1 Å². The highest BCUT2D eigenvalue weighted by Crippen LogP contribution is 2.36. The number of hydrogen-bond donors (Lipinski definition) is 0. The second-order valence-corrected chi connectivity index (χ2v) is 6.40. The molecule has 0 bridgehead atoms. The first kappa shape index (κ1) is 14.6. The lowest BCUT2D eigenvalue weighted by atomic mass is 9.97. The fourth-order valence-electron chi connectivity index (χ4n) is 2.60. The summed E-state index contributed by atoms with van der Waals surface area (Å²) in [5, 5.41) is 1.81. The van der Waals surface area contributed by atoms with Gasteiger partial charge in [-0.1, -0.05) is 52.3 Å². The molecule has 0 aliphatic rings. The predicted octanol–water partition coefficient (Wildman–Crippen LogP) is 6.38. The second kappa shape index (κ2) is 5.78. The average Bonchev–Trinajstić information content (AvgIpc) is 2.46. The van der Waals surface area contributed by atoms with Crippen LogP contribution in [0.2, 0.25) is 0 Å². The average molecular weight is 364 g/mol. The Bertz CT molecular complexity index is 793. The van der Waals surface area contributed by atoms with Crippen LogP contribution in [0.4, 0.5) is 4.39 Å². The molecular formula is C18H13BrClF. The highest BCUT2D eigenvalue weighted by molar-refractivity contribution is 9.10. The van der Waals surface area contributed by atoms with Crippen molar-refractivity contribution in [1.82, 2.24) is 0 Å². The highest BCUT2D eigenvalue weighted by atomic mass is 79.9. The molecule has 0 saturated heterocycles. The zero-order chi connectivity index (χ0) is 15.0. The molecule has 0 radical (unpaired) electrons. The van der Waals surface area contributed by atoms with Crippen LogP contribution in [0.5, 0.6) is 0 Å². The van der Waals surface area contributed by atoms with Crippen LogP contribution in [-0.2, 0) is 0 Å². The third-order valence-corrected chi connectivity index (χ3v) is 4.71. The van der Waals surface area contributed by atoms with Gasteiger partial charge in [0.25, 0.3) is 0 Å². The number of halogens is 3. The van der Waals surface area contributed by atoms with Crippen LogP contribution < -0.4 is 0 Å². The molecule has 0 nitrogen and oxygen atoms in total. The molecule has 3 aromatic carbocycles. The van der Waals surface area contributed by atoms with Crippen LogP contribution in [0.3, 0.4) is 0 Å². The highest BCUT2D eigenvalue weighted by Gasteiger charge is 2.16. The second-order valence-electron chi connectivity index (χ2n) is 5.11. The van der Waals surface area contributed by atoms with Gasteiger partial charge in [0.05, 0.1) is 5.38 Å². The summed E-state index contributed by atoms with van der Waals surface area (Å²) in [6, 6.07) is 17.0. The first-order chi connectivity index (χ1) is 10.1. The van der Waals surface area contributed by atoms with E-state index in [1.165, 1.54) is 12.1 Å². The van der Waals surface area contributed by atoms with Crippen molar-refractivity contribution in [2.24, 2.45) is 0 Å². The van der Waals surface area contributed by atoms with Gasteiger partial charge < -0.3 is 0 Å². The van der Waals surface area contributed by atoms with Crippen LogP contribution >= 0.6 is 27.5 Å². The minimum Gasteiger partial charge on any atom is -0.207 e. The van der Waals surface area contributed by atoms with Gasteiger partial charge in [0.1, 0.15) is 5.82 Å². The van der Waals surface area contributed by atoms with Crippen LogP contribution in [-0.4, -0.2) is 0 Å². The summed E-state index contributed by atoms with van der Waals surface area (Å²) >= 11 is 10.2. The van der Waals surface area contributed by atoms with E-state index in [1.807, 2.05) is 49.4 Å². The molecule has 0 amide bonds. The van der Waals surface area contributed by atoms with E-state index in [1.54, 1.807) is 0 Å². The fraction of sp³-hybridized carbons (Fsp3) is 0.111. The van der Waals surface area contributed by atoms with E-state index in [0.29, 0.717) is 0 Å². The maximum atomic E-state index is 13.6. The maximum absolute atomic E-state index is 13.6. The molecule has 3 heteroatoms. The van der Waals surface area contributed by atoms with Gasteiger partial charge in [0.15, 0.2) is 0 Å². The summed E-state index contributed by atoms with van der Waals surface area (Å²) in [6.45, 7) is 1.87. The summed E-state index contributed by atoms with van der Waals surface area (Å²) < 4.78 is 14.6. The molecule has 1 atom stereocenters. The van der Waals surface area contributed by atoms with Crippen molar-refractivity contribution in [2.45, 2.75) is 12.3 Å². The van der Waals surface area contributed by atoms with Crippen molar-refractivity contribution in [1.29, 1.82) is 0 Å². The molecule has 0 aliphatic heterocycles. The summed E-state index contributed by atoms with van der Waals surface area (Å²) in [4.78, 5) is 0. The van der Waals surface area contributed by atoms with Crippen molar-refractivity contribution >= 4 is 38.3 Å². The van der Waals surface area contributed by atoms with Gasteiger partial charge in [0, 0.05) is 4.47 Å². The first-order valence-electron chi connectivity index (χ1n) is 6.64. The van der Waals surface area contributed by atoms with E-state index in [4.69, 9.17) is 11.6 Å². The predicted molar refractivity (Wildman–Crippen MR) is 90.5 cm³/mol. The Kier molecular flexibility index (Phi) is 4.01. The van der Waals surface area contributed by atoms with Gasteiger partial charge in [0.2, 0.25) is 0 Å². The Morgan fingerprint density at radius 2 is 1.71 bits per heavy atom. The minimum atomic E-state index is -0.377. The van der Waals surface area contributed by atoms with Gasteiger partial charge in [-0.2, -0.15) is 0 Å². The Morgan fingerprint density at radius 1 is 1.00 bits per heavy atom. The van der Waals surface area contributed by atoms with Gasteiger partial charge >= 0.3 is 0 Å². The summed E-state index contributed by atoms with van der Waals surface area (Å²) in [6.07, 6.45) is 0. The molecule has 0 spiro atoms. The topological polar surface area (TPSA) is 0 Å². The van der Waals surface area contributed by atoms with Crippen molar-refractivity contribution < 1.29 is 4.39 Å². The summed E-state index contributed by atoms with van der Waals surface area (Å²) in [5.41, 5.74) is 2.64. The monoisotopic (exact) mass is 362 g/mol. The number of rotatable bonds is 2. The van der Waals surface area contributed by atoms with Gasteiger partial charge in [-0.3, -0.25) is 0 Å². The SMILES string of the molecule is Cc1cc(F)cc(C(Cl)c2ccc(Br)c3ccccc23)c1. The number of fused-ring (bicyclic) bond motifs is 1. The summed E-state index contributed by atoms with van der Waals surface area (Å²) in [7, 11) is 0. The molecule has 0 heterocycles. The van der Waals surface area contributed by atoms with Crippen molar-refractivity contribution in [3.63, 3.8) is 0 Å². The van der Waals surface area contributed by atoms with Crippen molar-refractivity contribution in [3.05, 3.63) is 81.6 Å². The fourth-order valence-corrected chi connectivity index (χ4v) is 3.39. The Balaban J connectivity index is 2.18.